The van der Waals surface area contributed by atoms with Gasteiger partial charge in [0.15, 0.2) is 0 Å². The highest BCUT2D eigenvalue weighted by molar-refractivity contribution is 7.96. The largest absolute Gasteiger partial charge is 0.508 e. The number of phenols is 1. The summed E-state index contributed by atoms with van der Waals surface area (Å²) in [7, 11) is 0. The van der Waals surface area contributed by atoms with E-state index in [4.69, 9.17) is 5.11 Å². The lowest BCUT2D eigenvalue weighted by Crippen LogP contribution is -2.32. The van der Waals surface area contributed by atoms with E-state index in [-0.39, 0.29) is 5.75 Å². The maximum atomic E-state index is 9.73. The van der Waals surface area contributed by atoms with Crippen LogP contribution in [0.25, 0.3) is 0 Å². The van der Waals surface area contributed by atoms with Gasteiger partial charge in [-0.25, -0.2) is 5.01 Å². The Morgan fingerprint density at radius 3 is 2.33 bits per heavy atom. The molecule has 5 heteroatoms. The van der Waals surface area contributed by atoms with Gasteiger partial charge in [-0.2, -0.15) is 0 Å². The Bertz CT molecular complexity index is 312. The van der Waals surface area contributed by atoms with Crippen LogP contribution in [-0.2, 0) is 0 Å². The van der Waals surface area contributed by atoms with E-state index in [1.54, 1.807) is 24.3 Å². The lowest BCUT2D eigenvalue weighted by Gasteiger charge is -2.23. The van der Waals surface area contributed by atoms with Crippen LogP contribution in [0, 0.1) is 0 Å². The molecular weight excluding hydrogens is 212 g/mol. The monoisotopic (exact) mass is 226 g/mol. The van der Waals surface area contributed by atoms with Crippen molar-refractivity contribution < 1.29 is 10.3 Å². The van der Waals surface area contributed by atoms with E-state index < -0.39 is 0 Å². The van der Waals surface area contributed by atoms with Crippen molar-refractivity contribution >= 4 is 11.9 Å². The molecule has 15 heavy (non-hydrogen) atoms. The molecule has 1 aromatic carbocycles. The zero-order chi connectivity index (χ0) is 10.7. The molecule has 0 bridgehead atoms. The van der Waals surface area contributed by atoms with Gasteiger partial charge in [0.25, 0.3) is 0 Å². The lowest BCUT2D eigenvalue weighted by atomic mass is 10.3. The highest BCUT2D eigenvalue weighted by Crippen LogP contribution is 2.26. The van der Waals surface area contributed by atoms with Crippen LogP contribution in [0.4, 0.5) is 0 Å². The van der Waals surface area contributed by atoms with Gasteiger partial charge in [-0.15, -0.1) is 0 Å². The van der Waals surface area contributed by atoms with Crippen LogP contribution in [0.1, 0.15) is 12.8 Å². The van der Waals surface area contributed by atoms with Gasteiger partial charge in [0.1, 0.15) is 5.75 Å². The van der Waals surface area contributed by atoms with Crippen molar-refractivity contribution in [3.05, 3.63) is 24.3 Å². The molecule has 0 spiro atoms. The van der Waals surface area contributed by atoms with Gasteiger partial charge in [0, 0.05) is 29.9 Å². The van der Waals surface area contributed by atoms with Crippen molar-refractivity contribution in [3.63, 3.8) is 0 Å². The number of aromatic hydroxyl groups is 1. The maximum absolute atomic E-state index is 9.73. The van der Waals surface area contributed by atoms with Crippen molar-refractivity contribution in [1.82, 2.24) is 9.59 Å². The van der Waals surface area contributed by atoms with Gasteiger partial charge in [-0.1, -0.05) is 4.58 Å². The number of hydrogen-bond acceptors (Lipinski definition) is 5. The average molecular weight is 226 g/mol. The standard InChI is InChI=1S/C10H14N2O2S/c13-9-3-5-10(6-4-9)15-12(14)11-7-1-2-8-11/h3-6,13-14H,1-2,7-8H2. The Kier molecular flexibility index (Phi) is 3.48. The van der Waals surface area contributed by atoms with Gasteiger partial charge in [-0.05, 0) is 37.1 Å². The summed E-state index contributed by atoms with van der Waals surface area (Å²) in [5, 5.41) is 20.7. The van der Waals surface area contributed by atoms with Gasteiger partial charge in [0.2, 0.25) is 0 Å². The first kappa shape index (κ1) is 10.8. The van der Waals surface area contributed by atoms with Crippen LogP contribution in [-0.4, -0.2) is 33.0 Å². The molecule has 0 aliphatic carbocycles. The lowest BCUT2D eigenvalue weighted by molar-refractivity contribution is -0.145. The number of rotatable bonds is 3. The third-order valence-electron chi connectivity index (χ3n) is 2.35. The van der Waals surface area contributed by atoms with Crippen LogP contribution in [0.2, 0.25) is 0 Å². The molecule has 1 aromatic rings. The van der Waals surface area contributed by atoms with Gasteiger partial charge in [-0.3, -0.25) is 5.21 Å². The quantitative estimate of drug-likeness (QED) is 0.610. The summed E-state index contributed by atoms with van der Waals surface area (Å²) in [6, 6.07) is 6.78. The fourth-order valence-corrected chi connectivity index (χ4v) is 2.26. The maximum Gasteiger partial charge on any atom is 0.115 e. The minimum atomic E-state index is 0.241. The molecule has 1 saturated heterocycles. The minimum absolute atomic E-state index is 0.241. The predicted octanol–water partition coefficient (Wildman–Crippen LogP) is 2.10. The SMILES string of the molecule is Oc1ccc(SN(O)N2CCCC2)cc1. The second-order valence-electron chi connectivity index (χ2n) is 3.50. The first-order valence-electron chi connectivity index (χ1n) is 4.96. The molecule has 1 aliphatic heterocycles. The summed E-state index contributed by atoms with van der Waals surface area (Å²) in [5.41, 5.74) is 0. The Balaban J connectivity index is 1.92. The summed E-state index contributed by atoms with van der Waals surface area (Å²) < 4.78 is 1.18. The first-order valence-corrected chi connectivity index (χ1v) is 5.74. The van der Waals surface area contributed by atoms with Gasteiger partial charge >= 0.3 is 0 Å². The number of benzene rings is 1. The Hall–Kier alpha value is -0.750. The van der Waals surface area contributed by atoms with Gasteiger partial charge in [0.05, 0.1) is 0 Å². The molecule has 0 amide bonds. The van der Waals surface area contributed by atoms with Crippen LogP contribution in [0.15, 0.2) is 29.2 Å². The fourth-order valence-electron chi connectivity index (χ4n) is 1.53. The highest BCUT2D eigenvalue weighted by atomic mass is 32.2. The smallest absolute Gasteiger partial charge is 0.115 e. The number of hydrogen-bond donors (Lipinski definition) is 2. The molecule has 82 valence electrons. The molecule has 0 radical (unpaired) electrons. The molecule has 1 aliphatic rings. The van der Waals surface area contributed by atoms with E-state index in [1.165, 1.54) is 16.5 Å². The summed E-state index contributed by atoms with van der Waals surface area (Å²) in [6.07, 6.45) is 2.26. The van der Waals surface area contributed by atoms with Crippen LogP contribution in [0.3, 0.4) is 0 Å². The minimum Gasteiger partial charge on any atom is -0.508 e. The van der Waals surface area contributed by atoms with Crippen LogP contribution < -0.4 is 0 Å². The molecule has 1 heterocycles. The van der Waals surface area contributed by atoms with Crippen LogP contribution >= 0.6 is 11.9 Å². The third-order valence-corrected chi connectivity index (χ3v) is 3.23. The number of hydrazine groups is 1. The van der Waals surface area contributed by atoms with Crippen LogP contribution in [0.5, 0.6) is 5.75 Å². The summed E-state index contributed by atoms with van der Waals surface area (Å²) >= 11 is 1.25. The molecule has 0 atom stereocenters. The average Bonchev–Trinajstić information content (AvgIpc) is 2.74. The topological polar surface area (TPSA) is 46.9 Å². The molecule has 4 nitrogen and oxygen atoms in total. The van der Waals surface area contributed by atoms with Crippen molar-refractivity contribution in [2.24, 2.45) is 0 Å². The second kappa shape index (κ2) is 4.85. The molecule has 0 unspecified atom stereocenters. The van der Waals surface area contributed by atoms with E-state index >= 15 is 0 Å². The number of nitrogens with zero attached hydrogens (tertiary/aromatic N) is 2. The van der Waals surface area contributed by atoms with Crippen molar-refractivity contribution in [3.8, 4) is 5.75 Å². The molecule has 0 aromatic heterocycles. The molecule has 1 fully saturated rings. The van der Waals surface area contributed by atoms with Crippen molar-refractivity contribution in [1.29, 1.82) is 0 Å². The zero-order valence-electron chi connectivity index (χ0n) is 8.33. The number of phenolic OH excluding ortho intramolecular Hbond substituents is 1. The Morgan fingerprint density at radius 1 is 1.13 bits per heavy atom. The third kappa shape index (κ3) is 2.85. The molecule has 2 N–H and O–H groups in total. The molecule has 0 saturated carbocycles. The Morgan fingerprint density at radius 2 is 1.73 bits per heavy atom. The zero-order valence-corrected chi connectivity index (χ0v) is 9.15. The van der Waals surface area contributed by atoms with Crippen molar-refractivity contribution in [2.45, 2.75) is 17.7 Å². The van der Waals surface area contributed by atoms with E-state index in [9.17, 15) is 5.21 Å². The van der Waals surface area contributed by atoms with Gasteiger partial charge < -0.3 is 5.11 Å². The normalized spacial score (nSPS) is 17.5. The molecular formula is C10H14N2O2S. The highest BCUT2D eigenvalue weighted by Gasteiger charge is 2.18. The summed E-state index contributed by atoms with van der Waals surface area (Å²) in [6.45, 7) is 1.81. The van der Waals surface area contributed by atoms with E-state index in [0.717, 1.165) is 30.8 Å². The first-order chi connectivity index (χ1) is 7.25. The summed E-state index contributed by atoms with van der Waals surface area (Å²) in [4.78, 5) is 0.905. The Labute approximate surface area is 93.2 Å². The van der Waals surface area contributed by atoms with E-state index in [1.807, 2.05) is 5.01 Å². The fraction of sp³-hybridized carbons (Fsp3) is 0.400. The summed E-state index contributed by atoms with van der Waals surface area (Å²) in [5.74, 6) is 0.241. The predicted molar refractivity (Wildman–Crippen MR) is 58.4 cm³/mol. The van der Waals surface area contributed by atoms with E-state index in [2.05, 4.69) is 0 Å². The van der Waals surface area contributed by atoms with Crippen molar-refractivity contribution in [2.75, 3.05) is 13.1 Å². The molecule has 2 rings (SSSR count). The van der Waals surface area contributed by atoms with E-state index in [0.29, 0.717) is 0 Å². The second-order valence-corrected chi connectivity index (χ2v) is 4.48.